The second kappa shape index (κ2) is 33.4. The van der Waals surface area contributed by atoms with Crippen LogP contribution in [0.2, 0.25) is 0 Å². The lowest BCUT2D eigenvalue weighted by molar-refractivity contribution is -0.394. The number of ether oxygens (including phenoxy) is 16. The zero-order valence-electron chi connectivity index (χ0n) is 64.1. The maximum atomic E-state index is 16.1. The Morgan fingerprint density at radius 3 is 1.61 bits per heavy atom. The molecule has 0 radical (unpaired) electrons. The summed E-state index contributed by atoms with van der Waals surface area (Å²) in [6.07, 6.45) is -54.9. The third-order valence-electron chi connectivity index (χ3n) is 27.4. The number of carboxylic acid groups (broad SMARTS) is 1. The van der Waals surface area contributed by atoms with Crippen molar-refractivity contribution in [1.29, 1.82) is 0 Å². The molecule has 0 amide bonds. The summed E-state index contributed by atoms with van der Waals surface area (Å²) in [4.78, 5) is 68.0. The van der Waals surface area contributed by atoms with Crippen molar-refractivity contribution in [2.45, 2.75) is 342 Å². The van der Waals surface area contributed by atoms with Crippen LogP contribution in [0, 0.1) is 50.2 Å². The Kier molecular flexibility index (Phi) is 26.1. The van der Waals surface area contributed by atoms with E-state index in [9.17, 15) is 106 Å². The molecule has 0 aromatic heterocycles. The number of aliphatic hydroxyl groups is 16. The predicted octanol–water partition coefficient (Wildman–Crippen LogP) is -4.82. The molecule has 0 aromatic rings. The molecule has 7 heterocycles. The van der Waals surface area contributed by atoms with Crippen LogP contribution in [0.25, 0.3) is 0 Å². The van der Waals surface area contributed by atoms with E-state index in [1.165, 1.54) is 13.8 Å². The number of carboxylic acids is 1. The van der Waals surface area contributed by atoms with Gasteiger partial charge in [0.15, 0.2) is 56.1 Å². The smallest absolute Gasteiger partial charge is 0.335 e. The highest BCUT2D eigenvalue weighted by molar-refractivity contribution is 5.79. The van der Waals surface area contributed by atoms with Crippen LogP contribution in [-0.2, 0) is 99.8 Å². The van der Waals surface area contributed by atoms with Crippen molar-refractivity contribution in [2.24, 2.45) is 50.2 Å². The molecule has 12 aliphatic rings. The summed E-state index contributed by atoms with van der Waals surface area (Å²) in [5.41, 5.74) is -3.82. The van der Waals surface area contributed by atoms with Gasteiger partial charge in [0.25, 0.3) is 0 Å². The Morgan fingerprint density at radius 2 is 1.02 bits per heavy atom. The number of fused-ring (bicyclic) bond motifs is 7. The topological polar surface area (TPSA) is 577 Å². The van der Waals surface area contributed by atoms with Crippen molar-refractivity contribution in [3.63, 3.8) is 0 Å². The van der Waals surface area contributed by atoms with Crippen LogP contribution in [0.15, 0.2) is 11.6 Å². The molecule has 7 saturated heterocycles. The monoisotopic (exact) mass is 1610 g/mol. The standard InChI is InChI=1S/C74H114O38/c1-27-53(102-30(4)78)50(91)58(110-65-52(93)56(54(28(2)100-65)106-61-46(87)40(81)33(79)23-98-61)108-64-49(90)45(86)43(84)36(104-64)25-97-29(3)77)66(101-27)112-68(96)74-19-17-69(5,6)21-32(74)31-11-12-38-70(7)15-14-39(71(8,26-76)37(70)13-16-73(38,10)72(31,9)18-20-74)105-67-59(111-63-48(89)44(85)42(83)35(22-75)103-63)55(51(92)57(109-67)60(94)95)107-62-47(88)41(82)34(80)24-99-62/h11,26-28,32-59,61-67,75,79-93H,12-25H2,1-10H3,(H,94,95)/t27-,28+,32+,33-,34+,35-,36-,37-,38-,39+,40+,41+,42+,43-,44+,45+,46-,47-,48-,49-,50+,51+,52-,53+,54+,55+,56+,57+,58-,59-,61+,62+,63+,64+,65+,66+,67-,70+,71+,72-,73-,74+/m1/s1. The van der Waals surface area contributed by atoms with E-state index in [1.54, 1.807) is 6.92 Å². The van der Waals surface area contributed by atoms with Gasteiger partial charge in [0, 0.05) is 13.8 Å². The number of carbonyl (C=O) groups excluding carboxylic acids is 4. The van der Waals surface area contributed by atoms with Gasteiger partial charge in [-0.2, -0.15) is 0 Å². The third-order valence-corrected chi connectivity index (χ3v) is 27.4. The van der Waals surface area contributed by atoms with Crippen molar-refractivity contribution in [2.75, 3.05) is 26.4 Å². The van der Waals surface area contributed by atoms with Crippen molar-refractivity contribution >= 4 is 30.2 Å². The van der Waals surface area contributed by atoms with E-state index in [4.69, 9.17) is 75.8 Å². The number of rotatable bonds is 20. The Balaban J connectivity index is 0.819. The number of hydrogen-bond donors (Lipinski definition) is 17. The highest BCUT2D eigenvalue weighted by Gasteiger charge is 2.72. The molecule has 42 atom stereocenters. The average Bonchev–Trinajstić information content (AvgIpc) is 0.673. The fourth-order valence-corrected chi connectivity index (χ4v) is 20.7. The Labute approximate surface area is 645 Å². The molecule has 5 aliphatic carbocycles. The first-order valence-electron chi connectivity index (χ1n) is 38.7. The predicted molar refractivity (Wildman–Crippen MR) is 366 cm³/mol. The summed E-state index contributed by atoms with van der Waals surface area (Å²) < 4.78 is 96.5. The Hall–Kier alpha value is -3.87. The number of aliphatic hydroxyl groups excluding tert-OH is 16. The molecule has 0 spiro atoms. The van der Waals surface area contributed by atoms with E-state index in [0.717, 1.165) is 25.7 Å². The van der Waals surface area contributed by atoms with Crippen LogP contribution in [0.1, 0.15) is 133 Å². The van der Waals surface area contributed by atoms with Gasteiger partial charge in [-0.05, 0) is 117 Å². The van der Waals surface area contributed by atoms with Gasteiger partial charge < -0.3 is 167 Å². The lowest BCUT2D eigenvalue weighted by atomic mass is 9.33. The second-order valence-corrected chi connectivity index (χ2v) is 34.7. The maximum Gasteiger partial charge on any atom is 0.335 e. The van der Waals surface area contributed by atoms with Crippen LogP contribution in [-0.4, -0.2) is 352 Å². The van der Waals surface area contributed by atoms with Crippen LogP contribution < -0.4 is 0 Å². The summed E-state index contributed by atoms with van der Waals surface area (Å²) in [5.74, 6) is -5.18. The molecule has 7 aliphatic heterocycles. The highest BCUT2D eigenvalue weighted by Crippen LogP contribution is 2.76. The zero-order chi connectivity index (χ0) is 81.9. The molecule has 17 N–H and O–H groups in total. The second-order valence-electron chi connectivity index (χ2n) is 34.7. The van der Waals surface area contributed by atoms with Gasteiger partial charge in [-0.15, -0.1) is 0 Å². The SMILES string of the molecule is CC(=O)OC[C@H]1O[C@@H](O[C@H]2[C@@H](O)[C@H](O[C@H]3[C@H](OC(=O)[C@]45CCC(C)(C)C[C@H]4C4=CC[C@@H]6[C@@]7(C)CC[C@H](O[C@@H]8O[C@H](C(=O)O)[C@@H](O)[C@H](O[C@@H]9OC[C@H](O)[C@H](O)[C@H]9O)[C@H]8O[C@@H]8O[C@H](CO)[C@H](O)[C@H](O)[C@H]8O)[C@@](C)(C=O)[C@@H]7CC[C@@]6(C)[C@]4(C)CC5)O[C@H](C)[C@H](OC(C)=O)[C@@H]3O)O[C@@H](C)[C@@H]2O[C@@H]2OC[C@@H](O)[C@H](O)[C@H]2O)[C@H](O)[C@@H](O)[C@@H]1O. The van der Waals surface area contributed by atoms with Crippen LogP contribution >= 0.6 is 0 Å². The van der Waals surface area contributed by atoms with Crippen molar-refractivity contribution in [1.82, 2.24) is 0 Å². The van der Waals surface area contributed by atoms with Gasteiger partial charge in [0.05, 0.1) is 49.0 Å². The van der Waals surface area contributed by atoms with Crippen molar-refractivity contribution in [3.05, 3.63) is 11.6 Å². The van der Waals surface area contributed by atoms with Crippen LogP contribution in [0.3, 0.4) is 0 Å². The minimum absolute atomic E-state index is 0.119. The van der Waals surface area contributed by atoms with Crippen LogP contribution in [0.4, 0.5) is 0 Å². The molecule has 0 bridgehead atoms. The Bertz CT molecular complexity index is 3350. The molecule has 0 aromatic carbocycles. The van der Waals surface area contributed by atoms with E-state index >= 15 is 4.79 Å². The molecule has 638 valence electrons. The normalized spacial score (nSPS) is 52.2. The van der Waals surface area contributed by atoms with E-state index in [2.05, 4.69) is 40.7 Å². The molecule has 4 saturated carbocycles. The van der Waals surface area contributed by atoms with Gasteiger partial charge in [0.1, 0.15) is 141 Å². The molecule has 38 heteroatoms. The summed E-state index contributed by atoms with van der Waals surface area (Å²) in [6.45, 7) is 14.9. The minimum atomic E-state index is -2.22. The number of carbonyl (C=O) groups is 5. The van der Waals surface area contributed by atoms with E-state index < -0.39 is 298 Å². The van der Waals surface area contributed by atoms with Gasteiger partial charge >= 0.3 is 23.9 Å². The fraction of sp³-hybridized carbons (Fsp3) is 0.905. The number of hydrogen-bond acceptors (Lipinski definition) is 37. The number of aliphatic carboxylic acids is 1. The first-order valence-corrected chi connectivity index (χ1v) is 38.7. The largest absolute Gasteiger partial charge is 0.479 e. The summed E-state index contributed by atoms with van der Waals surface area (Å²) in [5, 5.41) is 188. The van der Waals surface area contributed by atoms with Gasteiger partial charge in [-0.3, -0.25) is 14.4 Å². The van der Waals surface area contributed by atoms with E-state index in [0.29, 0.717) is 51.4 Å². The first-order chi connectivity index (χ1) is 52.5. The Morgan fingerprint density at radius 1 is 0.491 bits per heavy atom. The maximum absolute atomic E-state index is 16.1. The van der Waals surface area contributed by atoms with Crippen molar-refractivity contribution < 1.29 is 187 Å². The van der Waals surface area contributed by atoms with E-state index in [-0.39, 0.29) is 24.2 Å². The summed E-state index contributed by atoms with van der Waals surface area (Å²) in [7, 11) is 0. The molecule has 38 nitrogen and oxygen atoms in total. The molecule has 11 fully saturated rings. The molecular formula is C74H114O38. The third kappa shape index (κ3) is 15.7. The average molecular weight is 1610 g/mol. The fourth-order valence-electron chi connectivity index (χ4n) is 20.7. The summed E-state index contributed by atoms with van der Waals surface area (Å²) in [6, 6.07) is 0. The minimum Gasteiger partial charge on any atom is -0.479 e. The quantitative estimate of drug-likeness (QED) is 0.0179. The summed E-state index contributed by atoms with van der Waals surface area (Å²) >= 11 is 0. The van der Waals surface area contributed by atoms with Crippen LogP contribution in [0.5, 0.6) is 0 Å². The van der Waals surface area contributed by atoms with Gasteiger partial charge in [0.2, 0.25) is 6.29 Å². The lowest BCUT2D eigenvalue weighted by Crippen LogP contribution is -2.69. The van der Waals surface area contributed by atoms with Gasteiger partial charge in [-0.1, -0.05) is 53.2 Å². The number of aldehydes is 1. The van der Waals surface area contributed by atoms with Gasteiger partial charge in [-0.25, -0.2) is 4.79 Å². The molecular weight excluding hydrogens is 1500 g/mol. The highest BCUT2D eigenvalue weighted by atomic mass is 16.8. The molecule has 12 rings (SSSR count). The van der Waals surface area contributed by atoms with Crippen molar-refractivity contribution in [3.8, 4) is 0 Å². The first kappa shape index (κ1) is 87.4. The molecule has 112 heavy (non-hydrogen) atoms. The zero-order valence-corrected chi connectivity index (χ0v) is 64.1. The lowest BCUT2D eigenvalue weighted by Gasteiger charge is -2.71. The number of allylic oxidation sites excluding steroid dienone is 2. The van der Waals surface area contributed by atoms with E-state index in [1.807, 2.05) is 0 Å². The number of esters is 3. The molecule has 0 unspecified atom stereocenters.